The molecule has 0 atom stereocenters. The minimum absolute atomic E-state index is 0.679. The Kier molecular flexibility index (Phi) is 6.14. The molecule has 2 rings (SSSR count). The Hall–Kier alpha value is -1.46. The minimum atomic E-state index is 0.679. The van der Waals surface area contributed by atoms with Gasteiger partial charge in [0.15, 0.2) is 5.96 Å². The third kappa shape index (κ3) is 4.25. The van der Waals surface area contributed by atoms with Gasteiger partial charge in [0.1, 0.15) is 0 Å². The number of guanidine groups is 1. The standard InChI is InChI=1S/C15H23ClN4O/c1-17-15(18-7-12-21-2)20-10-8-19(9-11-20)14-6-4-3-5-13(14)16/h3-6H,7-12H2,1-2H3,(H,17,18). The zero-order valence-electron chi connectivity index (χ0n) is 12.7. The summed E-state index contributed by atoms with van der Waals surface area (Å²) in [5, 5.41) is 4.13. The summed E-state index contributed by atoms with van der Waals surface area (Å²) in [6, 6.07) is 8.00. The molecule has 6 heteroatoms. The van der Waals surface area contributed by atoms with Crippen LogP contribution in [0.2, 0.25) is 5.02 Å². The second-order valence-corrected chi connectivity index (χ2v) is 5.30. The van der Waals surface area contributed by atoms with E-state index in [1.54, 1.807) is 7.11 Å². The molecular weight excluding hydrogens is 288 g/mol. The van der Waals surface area contributed by atoms with Crippen molar-refractivity contribution in [3.8, 4) is 0 Å². The van der Waals surface area contributed by atoms with Gasteiger partial charge in [0.2, 0.25) is 0 Å². The van der Waals surface area contributed by atoms with E-state index in [0.29, 0.717) is 6.61 Å². The maximum atomic E-state index is 6.26. The first-order valence-electron chi connectivity index (χ1n) is 7.20. The van der Waals surface area contributed by atoms with Crippen molar-refractivity contribution < 1.29 is 4.74 Å². The van der Waals surface area contributed by atoms with Crippen LogP contribution in [0, 0.1) is 0 Å². The second-order valence-electron chi connectivity index (χ2n) is 4.89. The highest BCUT2D eigenvalue weighted by atomic mass is 35.5. The van der Waals surface area contributed by atoms with Gasteiger partial charge in [-0.05, 0) is 12.1 Å². The van der Waals surface area contributed by atoms with Gasteiger partial charge in [0.05, 0.1) is 17.3 Å². The summed E-state index contributed by atoms with van der Waals surface area (Å²) in [5.74, 6) is 0.936. The Bertz CT molecular complexity index is 472. The van der Waals surface area contributed by atoms with Crippen molar-refractivity contribution in [1.82, 2.24) is 10.2 Å². The van der Waals surface area contributed by atoms with Crippen molar-refractivity contribution in [2.75, 3.05) is 58.4 Å². The number of benzene rings is 1. The fourth-order valence-electron chi connectivity index (χ4n) is 2.46. The lowest BCUT2D eigenvalue weighted by molar-refractivity contribution is 0.202. The summed E-state index contributed by atoms with van der Waals surface area (Å²) in [6.45, 7) is 5.19. The van der Waals surface area contributed by atoms with Crippen LogP contribution in [0.3, 0.4) is 0 Å². The Labute approximate surface area is 131 Å². The topological polar surface area (TPSA) is 40.1 Å². The summed E-state index contributed by atoms with van der Waals surface area (Å²) in [7, 11) is 3.52. The van der Waals surface area contributed by atoms with Crippen molar-refractivity contribution in [2.45, 2.75) is 0 Å². The summed E-state index contributed by atoms with van der Waals surface area (Å²) in [6.07, 6.45) is 0. The number of halogens is 1. The highest BCUT2D eigenvalue weighted by Crippen LogP contribution is 2.25. The van der Waals surface area contributed by atoms with E-state index in [4.69, 9.17) is 16.3 Å². The largest absolute Gasteiger partial charge is 0.383 e. The van der Waals surface area contributed by atoms with E-state index in [9.17, 15) is 0 Å². The number of piperazine rings is 1. The molecule has 0 bridgehead atoms. The molecule has 0 saturated carbocycles. The smallest absolute Gasteiger partial charge is 0.193 e. The minimum Gasteiger partial charge on any atom is -0.383 e. The van der Waals surface area contributed by atoms with Gasteiger partial charge in [0.25, 0.3) is 0 Å². The first-order chi connectivity index (χ1) is 10.3. The molecule has 0 radical (unpaired) electrons. The molecule has 1 saturated heterocycles. The highest BCUT2D eigenvalue weighted by molar-refractivity contribution is 6.33. The van der Waals surface area contributed by atoms with Crippen LogP contribution in [0.15, 0.2) is 29.3 Å². The summed E-state index contributed by atoms with van der Waals surface area (Å²) >= 11 is 6.26. The van der Waals surface area contributed by atoms with Crippen LogP contribution in [-0.2, 0) is 4.74 Å². The number of aliphatic imine (C=N–C) groups is 1. The lowest BCUT2D eigenvalue weighted by Gasteiger charge is -2.38. The lowest BCUT2D eigenvalue weighted by Crippen LogP contribution is -2.53. The second kappa shape index (κ2) is 8.10. The maximum Gasteiger partial charge on any atom is 0.193 e. The molecule has 1 aromatic rings. The van der Waals surface area contributed by atoms with E-state index in [2.05, 4.69) is 26.2 Å². The number of hydrogen-bond acceptors (Lipinski definition) is 3. The van der Waals surface area contributed by atoms with Crippen molar-refractivity contribution in [1.29, 1.82) is 0 Å². The van der Waals surface area contributed by atoms with Gasteiger partial charge in [0, 0.05) is 46.9 Å². The zero-order chi connectivity index (χ0) is 15.1. The number of ether oxygens (including phenoxy) is 1. The predicted octanol–water partition coefficient (Wildman–Crippen LogP) is 1.68. The van der Waals surface area contributed by atoms with E-state index < -0.39 is 0 Å². The third-order valence-corrected chi connectivity index (χ3v) is 3.89. The number of nitrogens with zero attached hydrogens (tertiary/aromatic N) is 3. The van der Waals surface area contributed by atoms with Crippen LogP contribution in [0.5, 0.6) is 0 Å². The number of rotatable bonds is 4. The lowest BCUT2D eigenvalue weighted by atomic mass is 10.2. The summed E-state index contributed by atoms with van der Waals surface area (Å²) in [5.41, 5.74) is 1.11. The molecule has 0 unspecified atom stereocenters. The molecule has 1 aliphatic heterocycles. The van der Waals surface area contributed by atoms with Gasteiger partial charge >= 0.3 is 0 Å². The van der Waals surface area contributed by atoms with Crippen LogP contribution in [0.25, 0.3) is 0 Å². The van der Waals surface area contributed by atoms with Gasteiger partial charge in [-0.15, -0.1) is 0 Å². The van der Waals surface area contributed by atoms with Crippen molar-refractivity contribution in [3.05, 3.63) is 29.3 Å². The van der Waals surface area contributed by atoms with E-state index in [-0.39, 0.29) is 0 Å². The molecular formula is C15H23ClN4O. The quantitative estimate of drug-likeness (QED) is 0.522. The van der Waals surface area contributed by atoms with Gasteiger partial charge in [-0.1, -0.05) is 23.7 Å². The highest BCUT2D eigenvalue weighted by Gasteiger charge is 2.20. The first kappa shape index (κ1) is 15.9. The zero-order valence-corrected chi connectivity index (χ0v) is 13.4. The Balaban J connectivity index is 1.89. The van der Waals surface area contributed by atoms with Crippen molar-refractivity contribution in [3.63, 3.8) is 0 Å². The monoisotopic (exact) mass is 310 g/mol. The van der Waals surface area contributed by atoms with Gasteiger partial charge < -0.3 is 19.9 Å². The molecule has 0 amide bonds. The summed E-state index contributed by atoms with van der Waals surface area (Å²) < 4.78 is 5.05. The van der Waals surface area contributed by atoms with Gasteiger partial charge in [-0.25, -0.2) is 0 Å². The molecule has 1 heterocycles. The Morgan fingerprint density at radius 3 is 2.62 bits per heavy atom. The van der Waals surface area contributed by atoms with Crippen LogP contribution in [-0.4, -0.2) is 64.3 Å². The molecule has 5 nitrogen and oxygen atoms in total. The van der Waals surface area contributed by atoms with Gasteiger partial charge in [-0.3, -0.25) is 4.99 Å². The van der Waals surface area contributed by atoms with Gasteiger partial charge in [-0.2, -0.15) is 0 Å². The number of para-hydroxylation sites is 1. The van der Waals surface area contributed by atoms with Crippen molar-refractivity contribution >= 4 is 23.2 Å². The molecule has 1 aliphatic rings. The average molecular weight is 311 g/mol. The average Bonchev–Trinajstić information content (AvgIpc) is 2.53. The number of hydrogen-bond donors (Lipinski definition) is 1. The molecule has 1 fully saturated rings. The summed E-state index contributed by atoms with van der Waals surface area (Å²) in [4.78, 5) is 8.92. The predicted molar refractivity (Wildman–Crippen MR) is 88.5 cm³/mol. The molecule has 21 heavy (non-hydrogen) atoms. The molecule has 0 aliphatic carbocycles. The van der Waals surface area contributed by atoms with Crippen LogP contribution in [0.1, 0.15) is 0 Å². The van der Waals surface area contributed by atoms with E-state index in [1.807, 2.05) is 25.2 Å². The Morgan fingerprint density at radius 1 is 1.29 bits per heavy atom. The van der Waals surface area contributed by atoms with Crippen molar-refractivity contribution in [2.24, 2.45) is 4.99 Å². The van der Waals surface area contributed by atoms with E-state index in [1.165, 1.54) is 0 Å². The molecule has 0 spiro atoms. The molecule has 1 aromatic carbocycles. The SMILES string of the molecule is CN=C(NCCOC)N1CCN(c2ccccc2Cl)CC1. The van der Waals surface area contributed by atoms with Crippen LogP contribution >= 0.6 is 11.6 Å². The first-order valence-corrected chi connectivity index (χ1v) is 7.58. The molecule has 1 N–H and O–H groups in total. The van der Waals surface area contributed by atoms with Crippen LogP contribution < -0.4 is 10.2 Å². The molecule has 116 valence electrons. The van der Waals surface area contributed by atoms with E-state index in [0.717, 1.165) is 49.4 Å². The number of anilines is 1. The number of nitrogens with one attached hydrogen (secondary N) is 1. The Morgan fingerprint density at radius 2 is 2.00 bits per heavy atom. The fourth-order valence-corrected chi connectivity index (χ4v) is 2.72. The normalized spacial score (nSPS) is 16.2. The fraction of sp³-hybridized carbons (Fsp3) is 0.533. The third-order valence-electron chi connectivity index (χ3n) is 3.57. The van der Waals surface area contributed by atoms with Crippen LogP contribution in [0.4, 0.5) is 5.69 Å². The molecule has 0 aromatic heterocycles. The maximum absolute atomic E-state index is 6.26. The number of methoxy groups -OCH3 is 1. The van der Waals surface area contributed by atoms with E-state index >= 15 is 0 Å².